The van der Waals surface area contributed by atoms with E-state index in [0.29, 0.717) is 48.8 Å². The minimum atomic E-state index is -5.13. The zero-order chi connectivity index (χ0) is 23.0. The fourth-order valence-corrected chi connectivity index (χ4v) is 3.83. The number of imidazole rings is 1. The highest BCUT2D eigenvalue weighted by atomic mass is 35.5. The average Bonchev–Trinajstić information content (AvgIpc) is 3.09. The van der Waals surface area contributed by atoms with Gasteiger partial charge in [-0.25, -0.2) is 14.2 Å². The van der Waals surface area contributed by atoms with E-state index < -0.39 is 18.0 Å². The number of aryl methyl sites for hydroxylation is 1. The van der Waals surface area contributed by atoms with Gasteiger partial charge in [0.2, 0.25) is 5.95 Å². The molecule has 0 saturated carbocycles. The zero-order valence-electron chi connectivity index (χ0n) is 17.0. The molecule has 0 aliphatic carbocycles. The van der Waals surface area contributed by atoms with Gasteiger partial charge in [-0.1, -0.05) is 17.7 Å². The van der Waals surface area contributed by atoms with E-state index in [2.05, 4.69) is 15.0 Å². The molecule has 1 aromatic heterocycles. The van der Waals surface area contributed by atoms with E-state index >= 15 is 0 Å². The Bertz CT molecular complexity index is 1170. The molecular weight excluding hydrogens is 452 g/mol. The van der Waals surface area contributed by atoms with Gasteiger partial charge < -0.3 is 19.5 Å². The van der Waals surface area contributed by atoms with Crippen LogP contribution in [0.2, 0.25) is 5.02 Å². The molecule has 2 heterocycles. The maximum absolute atomic E-state index is 13.6. The zero-order valence-corrected chi connectivity index (χ0v) is 17.7. The number of carbonyl (C=O) groups is 1. The first kappa shape index (κ1) is 22.3. The van der Waals surface area contributed by atoms with E-state index in [4.69, 9.17) is 11.6 Å². The smallest absolute Gasteiger partial charge is 0.417 e. The minimum absolute atomic E-state index is 0.0355. The first-order valence-electron chi connectivity index (χ1n) is 9.83. The Morgan fingerprint density at radius 2 is 1.94 bits per heavy atom. The van der Waals surface area contributed by atoms with Gasteiger partial charge in [0.15, 0.2) is 5.75 Å². The van der Waals surface area contributed by atoms with Crippen LogP contribution >= 0.6 is 11.6 Å². The maximum Gasteiger partial charge on any atom is 0.491 e. The van der Waals surface area contributed by atoms with Gasteiger partial charge in [0.25, 0.3) is 0 Å². The molecule has 0 unspecified atom stereocenters. The molecule has 32 heavy (non-hydrogen) atoms. The summed E-state index contributed by atoms with van der Waals surface area (Å²) in [5.41, 5.74) is 1.90. The summed E-state index contributed by atoms with van der Waals surface area (Å²) in [5.74, 6) is -2.62. The number of hydrogen-bond donors (Lipinski definition) is 1. The first-order chi connectivity index (χ1) is 15.1. The summed E-state index contributed by atoms with van der Waals surface area (Å²) in [6.45, 7) is 4.60. The Balaban J connectivity index is 1.85. The van der Waals surface area contributed by atoms with E-state index in [-0.39, 0.29) is 22.8 Å². The summed E-state index contributed by atoms with van der Waals surface area (Å²) in [7, 11) is 0. The predicted octanol–water partition coefficient (Wildman–Crippen LogP) is 4.06. The molecule has 170 valence electrons. The summed E-state index contributed by atoms with van der Waals surface area (Å²) in [4.78, 5) is 18.0. The number of ether oxygens (including phenoxy) is 1. The van der Waals surface area contributed by atoms with Crippen LogP contribution in [0.5, 0.6) is 5.75 Å². The lowest BCUT2D eigenvalue weighted by Gasteiger charge is -2.29. The normalized spacial score (nSPS) is 14.8. The Kier molecular flexibility index (Phi) is 6.00. The van der Waals surface area contributed by atoms with Crippen LogP contribution in [0.1, 0.15) is 11.1 Å². The number of benzene rings is 2. The maximum atomic E-state index is 13.6. The molecule has 1 aliphatic heterocycles. The Labute approximate surface area is 185 Å². The summed E-state index contributed by atoms with van der Waals surface area (Å²) in [6, 6.07) is 7.42. The van der Waals surface area contributed by atoms with Gasteiger partial charge in [-0.15, -0.1) is 0 Å². The van der Waals surface area contributed by atoms with Crippen LogP contribution in [-0.4, -0.2) is 47.9 Å². The third kappa shape index (κ3) is 4.51. The predicted molar refractivity (Wildman–Crippen MR) is 112 cm³/mol. The van der Waals surface area contributed by atoms with Crippen molar-refractivity contribution < 1.29 is 27.1 Å². The van der Waals surface area contributed by atoms with Gasteiger partial charge in [-0.05, 0) is 42.3 Å². The molecule has 0 atom stereocenters. The lowest BCUT2D eigenvalue weighted by molar-refractivity contribution is -0.189. The van der Waals surface area contributed by atoms with Gasteiger partial charge in [0.1, 0.15) is 11.3 Å². The average molecular weight is 471 g/mol. The number of carbonyl (C=O) groups excluding carboxylic acids is 1. The molecule has 0 spiro atoms. The molecule has 0 amide bonds. The van der Waals surface area contributed by atoms with Crippen LogP contribution < -0.4 is 15.0 Å². The first-order valence-corrected chi connectivity index (χ1v) is 10.2. The van der Waals surface area contributed by atoms with E-state index in [1.807, 2.05) is 9.47 Å². The van der Waals surface area contributed by atoms with Crippen LogP contribution in [0.4, 0.5) is 23.5 Å². The van der Waals surface area contributed by atoms with Crippen molar-refractivity contribution in [2.24, 2.45) is 0 Å². The van der Waals surface area contributed by atoms with E-state index in [1.165, 1.54) is 18.2 Å². The van der Waals surface area contributed by atoms with Crippen LogP contribution in [0.25, 0.3) is 11.0 Å². The number of alkyl halides is 3. The summed E-state index contributed by atoms with van der Waals surface area (Å²) in [6.07, 6.45) is -5.13. The van der Waals surface area contributed by atoms with Crippen molar-refractivity contribution in [1.82, 2.24) is 14.9 Å². The number of fused-ring (bicyclic) bond motifs is 1. The van der Waals surface area contributed by atoms with Crippen molar-refractivity contribution in [3.63, 3.8) is 0 Å². The molecule has 1 N–H and O–H groups in total. The molecule has 11 heteroatoms. The number of piperazine rings is 1. The van der Waals surface area contributed by atoms with E-state index in [1.54, 1.807) is 19.1 Å². The van der Waals surface area contributed by atoms with Crippen molar-refractivity contribution in [1.29, 1.82) is 0 Å². The van der Waals surface area contributed by atoms with Gasteiger partial charge in [-0.2, -0.15) is 13.2 Å². The summed E-state index contributed by atoms with van der Waals surface area (Å²) in [5, 5.41) is 3.20. The summed E-state index contributed by atoms with van der Waals surface area (Å²) < 4.78 is 58.5. The highest BCUT2D eigenvalue weighted by molar-refractivity contribution is 6.30. The van der Waals surface area contributed by atoms with E-state index in [9.17, 15) is 22.4 Å². The number of rotatable bonds is 4. The molecule has 4 rings (SSSR count). The number of anilines is 1. The number of nitrogens with zero attached hydrogens (tertiary/aromatic N) is 3. The minimum Gasteiger partial charge on any atom is -0.417 e. The molecule has 0 radical (unpaired) electrons. The molecule has 6 nitrogen and oxygen atoms in total. The fourth-order valence-electron chi connectivity index (χ4n) is 3.63. The van der Waals surface area contributed by atoms with Gasteiger partial charge in [0.05, 0.1) is 17.1 Å². The lowest BCUT2D eigenvalue weighted by atomic mass is 10.2. The molecule has 3 aromatic rings. The topological polar surface area (TPSA) is 59.4 Å². The van der Waals surface area contributed by atoms with Crippen molar-refractivity contribution in [2.75, 3.05) is 31.1 Å². The van der Waals surface area contributed by atoms with Crippen LogP contribution in [-0.2, 0) is 11.3 Å². The SMILES string of the molecule is Cc1cc(OC(=O)C(F)(F)F)c2nc(N3CCNCC3)n(Cc3ccc(F)c(Cl)c3)c2c1. The summed E-state index contributed by atoms with van der Waals surface area (Å²) >= 11 is 5.93. The molecule has 1 fully saturated rings. The van der Waals surface area contributed by atoms with Crippen LogP contribution in [0.15, 0.2) is 30.3 Å². The van der Waals surface area contributed by atoms with Gasteiger partial charge in [-0.3, -0.25) is 0 Å². The Morgan fingerprint density at radius 3 is 2.59 bits per heavy atom. The molecule has 2 aromatic carbocycles. The standard InChI is InChI=1S/C21H19ClF4N4O2/c1-12-8-16-18(17(9-12)32-19(31)21(24,25)26)28-20(29-6-4-27-5-7-29)30(16)11-13-2-3-15(23)14(22)10-13/h2-3,8-10,27H,4-7,11H2,1H3. The fraction of sp³-hybridized carbons (Fsp3) is 0.333. The number of hydrogen-bond acceptors (Lipinski definition) is 5. The molecule has 1 saturated heterocycles. The van der Waals surface area contributed by atoms with Crippen LogP contribution in [0, 0.1) is 12.7 Å². The van der Waals surface area contributed by atoms with Gasteiger partial charge >= 0.3 is 12.1 Å². The highest BCUT2D eigenvalue weighted by Gasteiger charge is 2.42. The third-order valence-corrected chi connectivity index (χ3v) is 5.39. The largest absolute Gasteiger partial charge is 0.491 e. The van der Waals surface area contributed by atoms with E-state index in [0.717, 1.165) is 0 Å². The second-order valence-electron chi connectivity index (χ2n) is 7.50. The van der Waals surface area contributed by atoms with Crippen molar-refractivity contribution in [2.45, 2.75) is 19.6 Å². The van der Waals surface area contributed by atoms with Crippen molar-refractivity contribution in [3.05, 3.63) is 52.3 Å². The second kappa shape index (κ2) is 8.59. The highest BCUT2D eigenvalue weighted by Crippen LogP contribution is 2.33. The number of nitrogens with one attached hydrogen (secondary N) is 1. The molecular formula is C21H19ClF4N4O2. The quantitative estimate of drug-likeness (QED) is 0.354. The molecule has 1 aliphatic rings. The lowest BCUT2D eigenvalue weighted by Crippen LogP contribution is -2.44. The number of aromatic nitrogens is 2. The van der Waals surface area contributed by atoms with Crippen molar-refractivity contribution in [3.8, 4) is 5.75 Å². The van der Waals surface area contributed by atoms with Gasteiger partial charge in [0, 0.05) is 26.2 Å². The number of esters is 1. The number of halogens is 5. The van der Waals surface area contributed by atoms with Crippen LogP contribution in [0.3, 0.4) is 0 Å². The second-order valence-corrected chi connectivity index (χ2v) is 7.91. The van der Waals surface area contributed by atoms with Crippen molar-refractivity contribution >= 4 is 34.6 Å². The molecule has 0 bridgehead atoms. The Hall–Kier alpha value is -2.85. The third-order valence-electron chi connectivity index (χ3n) is 5.10. The Morgan fingerprint density at radius 1 is 1.22 bits per heavy atom. The monoisotopic (exact) mass is 470 g/mol.